The molecular weight excluding hydrogens is 444 g/mol. The highest BCUT2D eigenvalue weighted by molar-refractivity contribution is 7.26. The van der Waals surface area contributed by atoms with Gasteiger partial charge >= 0.3 is 0 Å². The molecule has 0 aliphatic carbocycles. The zero-order valence-corrected chi connectivity index (χ0v) is 19.5. The Morgan fingerprint density at radius 2 is 1.39 bits per heavy atom. The van der Waals surface area contributed by atoms with E-state index in [2.05, 4.69) is 72.8 Å². The van der Waals surface area contributed by atoms with Gasteiger partial charge < -0.3 is 0 Å². The van der Waals surface area contributed by atoms with E-state index in [0.29, 0.717) is 0 Å². The molecule has 33 heavy (non-hydrogen) atoms. The van der Waals surface area contributed by atoms with Crippen LogP contribution in [0, 0.1) is 6.92 Å². The lowest BCUT2D eigenvalue weighted by molar-refractivity contribution is 1.24. The molecule has 0 N–H and O–H groups in total. The van der Waals surface area contributed by atoms with Gasteiger partial charge in [0.25, 0.3) is 0 Å². The van der Waals surface area contributed by atoms with Crippen molar-refractivity contribution in [3.8, 4) is 33.8 Å². The Bertz CT molecular complexity index is 1640. The van der Waals surface area contributed by atoms with E-state index in [1.165, 1.54) is 10.1 Å². The van der Waals surface area contributed by atoms with Gasteiger partial charge in [-0.15, -0.1) is 11.3 Å². The Kier molecular flexibility index (Phi) is 4.94. The van der Waals surface area contributed by atoms with E-state index in [-0.39, 0.29) is 0 Å². The predicted molar refractivity (Wildman–Crippen MR) is 141 cm³/mol. The number of hydrogen-bond donors (Lipinski definition) is 0. The standard InChI is InChI=1S/C29H19ClN2S/c1-18-14-15-21(17-24(18)30)20-10-7-11-22(16-20)26-28-27(23-12-5-6-13-25(23)33-28)32-29(31-26)19-8-3-2-4-9-19/h2-17H,1H3. The fraction of sp³-hybridized carbons (Fsp3) is 0.0345. The molecule has 0 fully saturated rings. The minimum atomic E-state index is 0.741. The van der Waals surface area contributed by atoms with Crippen LogP contribution in [0.4, 0.5) is 0 Å². The SMILES string of the molecule is Cc1ccc(-c2cccc(-c3nc(-c4ccccc4)nc4c3sc3ccccc34)c2)cc1Cl. The van der Waals surface area contributed by atoms with Crippen LogP contribution in [0.15, 0.2) is 97.1 Å². The quantitative estimate of drug-likeness (QED) is 0.262. The molecule has 4 heteroatoms. The zero-order valence-electron chi connectivity index (χ0n) is 17.9. The maximum absolute atomic E-state index is 6.41. The number of aromatic nitrogens is 2. The Morgan fingerprint density at radius 3 is 2.24 bits per heavy atom. The monoisotopic (exact) mass is 462 g/mol. The topological polar surface area (TPSA) is 25.8 Å². The Hall–Kier alpha value is -3.53. The molecule has 2 aromatic heterocycles. The molecule has 0 amide bonds. The first-order valence-electron chi connectivity index (χ1n) is 10.8. The summed E-state index contributed by atoms with van der Waals surface area (Å²) in [5.74, 6) is 0.741. The first-order chi connectivity index (χ1) is 16.2. The van der Waals surface area contributed by atoms with Crippen LogP contribution in [-0.2, 0) is 0 Å². The summed E-state index contributed by atoms with van der Waals surface area (Å²) in [7, 11) is 0. The van der Waals surface area contributed by atoms with Gasteiger partial charge in [-0.3, -0.25) is 0 Å². The fourth-order valence-electron chi connectivity index (χ4n) is 4.12. The Labute approximate surface area is 201 Å². The van der Waals surface area contributed by atoms with Crippen molar-refractivity contribution >= 4 is 43.2 Å². The number of halogens is 1. The summed E-state index contributed by atoms with van der Waals surface area (Å²) in [6.07, 6.45) is 0. The number of rotatable bonds is 3. The zero-order chi connectivity index (χ0) is 22.4. The van der Waals surface area contributed by atoms with Crippen LogP contribution in [-0.4, -0.2) is 9.97 Å². The average molecular weight is 463 g/mol. The maximum Gasteiger partial charge on any atom is 0.160 e. The summed E-state index contributed by atoms with van der Waals surface area (Å²) in [5, 5.41) is 1.94. The lowest BCUT2D eigenvalue weighted by atomic mass is 10.0. The van der Waals surface area contributed by atoms with E-state index < -0.39 is 0 Å². The van der Waals surface area contributed by atoms with Crippen LogP contribution in [0.1, 0.15) is 5.56 Å². The molecule has 6 aromatic rings. The summed E-state index contributed by atoms with van der Waals surface area (Å²) in [4.78, 5) is 10.1. The molecule has 4 aromatic carbocycles. The van der Waals surface area contributed by atoms with Gasteiger partial charge in [0.1, 0.15) is 0 Å². The Balaban J connectivity index is 1.61. The number of benzene rings is 4. The van der Waals surface area contributed by atoms with Crippen molar-refractivity contribution in [1.82, 2.24) is 9.97 Å². The summed E-state index contributed by atoms with van der Waals surface area (Å²) in [5.41, 5.74) is 7.33. The summed E-state index contributed by atoms with van der Waals surface area (Å²) >= 11 is 8.16. The van der Waals surface area contributed by atoms with Crippen LogP contribution >= 0.6 is 22.9 Å². The lowest BCUT2D eigenvalue weighted by Crippen LogP contribution is -1.93. The largest absolute Gasteiger partial charge is 0.226 e. The molecule has 158 valence electrons. The van der Waals surface area contributed by atoms with E-state index in [0.717, 1.165) is 54.6 Å². The minimum absolute atomic E-state index is 0.741. The van der Waals surface area contributed by atoms with Crippen molar-refractivity contribution in [2.45, 2.75) is 6.92 Å². The number of hydrogen-bond acceptors (Lipinski definition) is 3. The van der Waals surface area contributed by atoms with Gasteiger partial charge in [-0.2, -0.15) is 0 Å². The first kappa shape index (κ1) is 20.1. The molecule has 2 nitrogen and oxygen atoms in total. The van der Waals surface area contributed by atoms with Gasteiger partial charge in [0.2, 0.25) is 0 Å². The second kappa shape index (κ2) is 8.11. The van der Waals surface area contributed by atoms with Gasteiger partial charge in [-0.05, 0) is 41.8 Å². The average Bonchev–Trinajstić information content (AvgIpc) is 3.24. The van der Waals surface area contributed by atoms with Crippen molar-refractivity contribution in [3.05, 3.63) is 108 Å². The van der Waals surface area contributed by atoms with Crippen molar-refractivity contribution in [1.29, 1.82) is 0 Å². The Morgan fingerprint density at radius 1 is 0.667 bits per heavy atom. The smallest absolute Gasteiger partial charge is 0.160 e. The highest BCUT2D eigenvalue weighted by Gasteiger charge is 2.16. The third-order valence-corrected chi connectivity index (χ3v) is 7.47. The highest BCUT2D eigenvalue weighted by Crippen LogP contribution is 2.40. The van der Waals surface area contributed by atoms with Crippen molar-refractivity contribution < 1.29 is 0 Å². The molecule has 0 bridgehead atoms. The second-order valence-electron chi connectivity index (χ2n) is 8.08. The molecule has 0 aliphatic heterocycles. The van der Waals surface area contributed by atoms with Gasteiger partial charge in [0, 0.05) is 26.2 Å². The van der Waals surface area contributed by atoms with Crippen LogP contribution in [0.3, 0.4) is 0 Å². The lowest BCUT2D eigenvalue weighted by Gasteiger charge is -2.10. The third kappa shape index (κ3) is 3.60. The van der Waals surface area contributed by atoms with Crippen molar-refractivity contribution in [3.63, 3.8) is 0 Å². The molecule has 2 heterocycles. The van der Waals surface area contributed by atoms with Crippen LogP contribution in [0.5, 0.6) is 0 Å². The van der Waals surface area contributed by atoms with Gasteiger partial charge in [0.15, 0.2) is 5.82 Å². The van der Waals surface area contributed by atoms with E-state index in [4.69, 9.17) is 21.6 Å². The summed E-state index contributed by atoms with van der Waals surface area (Å²) in [6.45, 7) is 2.02. The summed E-state index contributed by atoms with van der Waals surface area (Å²) in [6, 6.07) is 33.3. The minimum Gasteiger partial charge on any atom is -0.226 e. The molecule has 0 saturated heterocycles. The van der Waals surface area contributed by atoms with Crippen LogP contribution in [0.2, 0.25) is 5.02 Å². The molecule has 6 rings (SSSR count). The normalized spacial score (nSPS) is 11.3. The van der Waals surface area contributed by atoms with Crippen LogP contribution < -0.4 is 0 Å². The van der Waals surface area contributed by atoms with Crippen molar-refractivity contribution in [2.75, 3.05) is 0 Å². The molecule has 0 spiro atoms. The number of nitrogens with zero attached hydrogens (tertiary/aromatic N) is 2. The molecular formula is C29H19ClN2S. The predicted octanol–water partition coefficient (Wildman–Crippen LogP) is 8.81. The van der Waals surface area contributed by atoms with Gasteiger partial charge in [-0.25, -0.2) is 9.97 Å². The van der Waals surface area contributed by atoms with Crippen LogP contribution in [0.25, 0.3) is 54.1 Å². The molecule has 0 unspecified atom stereocenters. The molecule has 0 atom stereocenters. The van der Waals surface area contributed by atoms with E-state index >= 15 is 0 Å². The van der Waals surface area contributed by atoms with Gasteiger partial charge in [-0.1, -0.05) is 90.5 Å². The number of aryl methyl sites for hydroxylation is 1. The number of fused-ring (bicyclic) bond motifs is 3. The third-order valence-electron chi connectivity index (χ3n) is 5.89. The first-order valence-corrected chi connectivity index (χ1v) is 12.0. The molecule has 0 radical (unpaired) electrons. The molecule has 0 aliphatic rings. The van der Waals surface area contributed by atoms with E-state index in [1.807, 2.05) is 31.2 Å². The van der Waals surface area contributed by atoms with E-state index in [1.54, 1.807) is 11.3 Å². The second-order valence-corrected chi connectivity index (χ2v) is 9.54. The summed E-state index contributed by atoms with van der Waals surface area (Å²) < 4.78 is 2.32. The highest BCUT2D eigenvalue weighted by atomic mass is 35.5. The number of thiophene rings is 1. The van der Waals surface area contributed by atoms with Crippen molar-refractivity contribution in [2.24, 2.45) is 0 Å². The van der Waals surface area contributed by atoms with Gasteiger partial charge in [0.05, 0.1) is 15.9 Å². The van der Waals surface area contributed by atoms with E-state index in [9.17, 15) is 0 Å². The fourth-order valence-corrected chi connectivity index (χ4v) is 5.46. The maximum atomic E-state index is 6.41. The molecule has 0 saturated carbocycles.